The highest BCUT2D eigenvalue weighted by molar-refractivity contribution is 6.18. The van der Waals surface area contributed by atoms with Gasteiger partial charge in [0.05, 0.1) is 0 Å². The molecule has 1 aliphatic heterocycles. The van der Waals surface area contributed by atoms with Crippen molar-refractivity contribution in [2.75, 3.05) is 0 Å². The molecule has 0 spiro atoms. The number of cyclic esters (lactones) is 2. The maximum Gasteiger partial charge on any atom is 0.573 e. The molecule has 0 unspecified atom stereocenters. The third-order valence-electron chi connectivity index (χ3n) is 2.54. The Morgan fingerprint density at radius 3 is 2.00 bits per heavy atom. The third kappa shape index (κ3) is 4.00. The van der Waals surface area contributed by atoms with Crippen LogP contribution in [0.1, 0.15) is 19.4 Å². The lowest BCUT2D eigenvalue weighted by atomic mass is 10.1. The van der Waals surface area contributed by atoms with Crippen LogP contribution in [0.4, 0.5) is 13.2 Å². The van der Waals surface area contributed by atoms with Crippen molar-refractivity contribution in [1.29, 1.82) is 0 Å². The number of carbonyl (C=O) groups is 2. The molecule has 0 aliphatic carbocycles. The molecule has 1 fully saturated rings. The number of halogens is 3. The van der Waals surface area contributed by atoms with Crippen LogP contribution in [-0.2, 0) is 19.1 Å². The van der Waals surface area contributed by atoms with Crippen molar-refractivity contribution in [3.05, 3.63) is 35.4 Å². The number of ether oxygens (including phenoxy) is 3. The largest absolute Gasteiger partial charge is 0.573 e. The summed E-state index contributed by atoms with van der Waals surface area (Å²) in [6, 6.07) is 4.63. The minimum Gasteiger partial charge on any atom is -0.419 e. The summed E-state index contributed by atoms with van der Waals surface area (Å²) < 4.78 is 49.6. The van der Waals surface area contributed by atoms with E-state index >= 15 is 0 Å². The molecule has 0 bridgehead atoms. The summed E-state index contributed by atoms with van der Waals surface area (Å²) in [5, 5.41) is 0. The number of carbonyl (C=O) groups excluding carboxylic acids is 2. The van der Waals surface area contributed by atoms with Gasteiger partial charge in [-0.3, -0.25) is 0 Å². The zero-order valence-corrected chi connectivity index (χ0v) is 11.6. The van der Waals surface area contributed by atoms with Crippen LogP contribution in [0.5, 0.6) is 5.75 Å². The average Bonchev–Trinajstić information content (AvgIpc) is 2.33. The second-order valence-corrected chi connectivity index (χ2v) is 4.85. The lowest BCUT2D eigenvalue weighted by Crippen LogP contribution is -2.41. The normalized spacial score (nSPS) is 17.6. The molecule has 0 atom stereocenters. The van der Waals surface area contributed by atoms with E-state index in [-0.39, 0.29) is 5.57 Å². The number of alkyl halides is 3. The lowest BCUT2D eigenvalue weighted by Gasteiger charge is -2.29. The molecule has 0 amide bonds. The van der Waals surface area contributed by atoms with E-state index in [1.807, 2.05) is 0 Å². The van der Waals surface area contributed by atoms with Crippen LogP contribution < -0.4 is 4.74 Å². The van der Waals surface area contributed by atoms with E-state index in [2.05, 4.69) is 4.74 Å². The fourth-order valence-corrected chi connectivity index (χ4v) is 1.71. The van der Waals surface area contributed by atoms with Gasteiger partial charge in [0.15, 0.2) is 0 Å². The number of benzene rings is 1. The van der Waals surface area contributed by atoms with Crippen LogP contribution in [0, 0.1) is 0 Å². The van der Waals surface area contributed by atoms with E-state index in [4.69, 9.17) is 9.47 Å². The van der Waals surface area contributed by atoms with Gasteiger partial charge < -0.3 is 14.2 Å². The Morgan fingerprint density at radius 2 is 1.55 bits per heavy atom. The van der Waals surface area contributed by atoms with Gasteiger partial charge in [-0.1, -0.05) is 12.1 Å². The fraction of sp³-hybridized carbons (Fsp3) is 0.286. The van der Waals surface area contributed by atoms with Gasteiger partial charge in [0.2, 0.25) is 0 Å². The smallest absolute Gasteiger partial charge is 0.419 e. The monoisotopic (exact) mass is 316 g/mol. The van der Waals surface area contributed by atoms with Crippen LogP contribution in [0.25, 0.3) is 6.08 Å². The molecule has 1 aromatic rings. The maximum absolute atomic E-state index is 12.0. The zero-order valence-electron chi connectivity index (χ0n) is 11.6. The Hall–Kier alpha value is -2.51. The molecule has 118 valence electrons. The van der Waals surface area contributed by atoms with Gasteiger partial charge in [0, 0.05) is 13.8 Å². The predicted molar refractivity (Wildman–Crippen MR) is 67.4 cm³/mol. The molecule has 8 heteroatoms. The molecule has 0 N–H and O–H groups in total. The fourth-order valence-electron chi connectivity index (χ4n) is 1.71. The Bertz CT molecular complexity index is 607. The maximum atomic E-state index is 12.0. The first-order valence-electron chi connectivity index (χ1n) is 6.10. The Labute approximate surface area is 123 Å². The Kier molecular flexibility index (Phi) is 3.87. The molecular formula is C14H11F3O5. The van der Waals surface area contributed by atoms with E-state index in [0.29, 0.717) is 5.56 Å². The summed E-state index contributed by atoms with van der Waals surface area (Å²) in [5.74, 6) is -3.49. The molecular weight excluding hydrogens is 305 g/mol. The Balaban J connectivity index is 2.19. The minimum atomic E-state index is -4.79. The van der Waals surface area contributed by atoms with E-state index in [0.717, 1.165) is 18.2 Å². The van der Waals surface area contributed by atoms with E-state index < -0.39 is 29.8 Å². The van der Waals surface area contributed by atoms with E-state index in [1.54, 1.807) is 0 Å². The molecule has 1 saturated heterocycles. The van der Waals surface area contributed by atoms with Crippen LogP contribution in [0.3, 0.4) is 0 Å². The van der Waals surface area contributed by atoms with Crippen molar-refractivity contribution in [1.82, 2.24) is 0 Å². The number of hydrogen-bond donors (Lipinski definition) is 0. The molecule has 1 aliphatic rings. The number of esters is 2. The van der Waals surface area contributed by atoms with Gasteiger partial charge in [0.1, 0.15) is 11.3 Å². The highest BCUT2D eigenvalue weighted by Gasteiger charge is 2.38. The minimum absolute atomic E-state index is 0.318. The highest BCUT2D eigenvalue weighted by Crippen LogP contribution is 2.26. The van der Waals surface area contributed by atoms with Crippen molar-refractivity contribution < 1.29 is 37.0 Å². The van der Waals surface area contributed by atoms with Gasteiger partial charge in [-0.05, 0) is 23.8 Å². The first-order chi connectivity index (χ1) is 10.1. The SMILES string of the molecule is CC1(C)OC(=O)C(=Cc2ccc(OC(F)(F)F)cc2)C(=O)O1. The van der Waals surface area contributed by atoms with Gasteiger partial charge in [-0.15, -0.1) is 13.2 Å². The molecule has 0 radical (unpaired) electrons. The van der Waals surface area contributed by atoms with Crippen molar-refractivity contribution in [2.45, 2.75) is 26.0 Å². The summed E-state index contributed by atoms with van der Waals surface area (Å²) in [7, 11) is 0. The van der Waals surface area contributed by atoms with Gasteiger partial charge in [-0.2, -0.15) is 0 Å². The molecule has 5 nitrogen and oxygen atoms in total. The summed E-state index contributed by atoms with van der Waals surface area (Å²) in [4.78, 5) is 23.4. The highest BCUT2D eigenvalue weighted by atomic mass is 19.4. The van der Waals surface area contributed by atoms with Crippen LogP contribution in [0.2, 0.25) is 0 Å². The van der Waals surface area contributed by atoms with Crippen molar-refractivity contribution in [2.24, 2.45) is 0 Å². The number of hydrogen-bond acceptors (Lipinski definition) is 5. The van der Waals surface area contributed by atoms with Crippen LogP contribution in [-0.4, -0.2) is 24.1 Å². The van der Waals surface area contributed by atoms with Crippen LogP contribution in [0.15, 0.2) is 29.8 Å². The van der Waals surface area contributed by atoms with Gasteiger partial charge in [-0.25, -0.2) is 9.59 Å². The Morgan fingerprint density at radius 1 is 1.05 bits per heavy atom. The first kappa shape index (κ1) is 15.9. The van der Waals surface area contributed by atoms with E-state index in [1.165, 1.54) is 26.0 Å². The zero-order chi connectivity index (χ0) is 16.5. The van der Waals surface area contributed by atoms with Crippen molar-refractivity contribution in [3.8, 4) is 5.75 Å². The summed E-state index contributed by atoms with van der Waals surface area (Å²) >= 11 is 0. The van der Waals surface area contributed by atoms with Crippen molar-refractivity contribution in [3.63, 3.8) is 0 Å². The predicted octanol–water partition coefficient (Wildman–Crippen LogP) is 2.80. The van der Waals surface area contributed by atoms with Gasteiger partial charge in [0.25, 0.3) is 5.79 Å². The lowest BCUT2D eigenvalue weighted by molar-refractivity contribution is -0.274. The number of rotatable bonds is 2. The van der Waals surface area contributed by atoms with E-state index in [9.17, 15) is 22.8 Å². The molecule has 0 saturated carbocycles. The molecule has 2 rings (SSSR count). The molecule has 1 aromatic carbocycles. The van der Waals surface area contributed by atoms with Gasteiger partial charge >= 0.3 is 18.3 Å². The average molecular weight is 316 g/mol. The first-order valence-corrected chi connectivity index (χ1v) is 6.10. The summed E-state index contributed by atoms with van der Waals surface area (Å²) in [6.07, 6.45) is -3.63. The second-order valence-electron chi connectivity index (χ2n) is 4.85. The standard InChI is InChI=1S/C14H11F3O5/c1-13(2)21-11(18)10(12(19)22-13)7-8-3-5-9(6-4-8)20-14(15,16)17/h3-7H,1-2H3. The third-order valence-corrected chi connectivity index (χ3v) is 2.54. The molecule has 22 heavy (non-hydrogen) atoms. The summed E-state index contributed by atoms with van der Waals surface area (Å²) in [5.41, 5.74) is -0.0260. The second kappa shape index (κ2) is 5.36. The van der Waals surface area contributed by atoms with Crippen LogP contribution >= 0.6 is 0 Å². The summed E-state index contributed by atoms with van der Waals surface area (Å²) in [6.45, 7) is 2.81. The quantitative estimate of drug-likeness (QED) is 0.477. The molecule has 0 aromatic heterocycles. The topological polar surface area (TPSA) is 61.8 Å². The van der Waals surface area contributed by atoms with Crippen molar-refractivity contribution >= 4 is 18.0 Å². The molecule has 1 heterocycles.